The van der Waals surface area contributed by atoms with E-state index in [-0.39, 0.29) is 17.1 Å². The summed E-state index contributed by atoms with van der Waals surface area (Å²) in [6.45, 7) is 2.68. The average Bonchev–Trinajstić information content (AvgIpc) is 3.32. The Hall–Kier alpha value is -3.01. The van der Waals surface area contributed by atoms with Crippen molar-refractivity contribution in [2.24, 2.45) is 5.10 Å². The van der Waals surface area contributed by atoms with Crippen LogP contribution in [0.25, 0.3) is 0 Å². The highest BCUT2D eigenvalue weighted by Crippen LogP contribution is 2.32. The Morgan fingerprint density at radius 3 is 2.62 bits per heavy atom. The number of rotatable bonds is 6. The normalized spacial score (nSPS) is 15.8. The van der Waals surface area contributed by atoms with Crippen LogP contribution in [-0.2, 0) is 13.1 Å². The van der Waals surface area contributed by atoms with Crippen molar-refractivity contribution >= 4 is 30.0 Å². The van der Waals surface area contributed by atoms with Crippen LogP contribution in [0, 0.1) is 4.77 Å². The van der Waals surface area contributed by atoms with E-state index in [1.165, 1.54) is 11.1 Å². The van der Waals surface area contributed by atoms with Crippen molar-refractivity contribution in [1.29, 1.82) is 0 Å². The molecule has 0 unspecified atom stereocenters. The van der Waals surface area contributed by atoms with Crippen LogP contribution in [0.4, 0.5) is 0 Å². The fourth-order valence-corrected chi connectivity index (χ4v) is 4.41. The van der Waals surface area contributed by atoms with Crippen LogP contribution in [0.3, 0.4) is 0 Å². The molecular formula is C24H24ClN5O3S. The first kappa shape index (κ1) is 22.8. The van der Waals surface area contributed by atoms with E-state index in [2.05, 4.69) is 15.1 Å². The van der Waals surface area contributed by atoms with Crippen molar-refractivity contribution in [3.05, 3.63) is 79.4 Å². The molecule has 1 saturated heterocycles. The Kier molecular flexibility index (Phi) is 6.75. The fraction of sp³-hybridized carbons (Fsp3) is 0.333. The maximum Gasteiger partial charge on any atom is 0.297 e. The van der Waals surface area contributed by atoms with Gasteiger partial charge in [0, 0.05) is 11.4 Å². The van der Waals surface area contributed by atoms with Crippen LogP contribution in [0.5, 0.6) is 11.5 Å². The second-order valence-electron chi connectivity index (χ2n) is 8.33. The van der Waals surface area contributed by atoms with Gasteiger partial charge in [-0.05, 0) is 79.6 Å². The van der Waals surface area contributed by atoms with E-state index in [1.807, 2.05) is 30.3 Å². The summed E-state index contributed by atoms with van der Waals surface area (Å²) in [5.41, 5.74) is 1.73. The first-order chi connectivity index (χ1) is 16.6. The van der Waals surface area contributed by atoms with E-state index < -0.39 is 0 Å². The molecule has 2 aliphatic heterocycles. The van der Waals surface area contributed by atoms with E-state index in [1.54, 1.807) is 23.0 Å². The van der Waals surface area contributed by atoms with Gasteiger partial charge >= 0.3 is 0 Å². The highest BCUT2D eigenvalue weighted by Gasteiger charge is 2.16. The quantitative estimate of drug-likeness (QED) is 0.377. The number of aromatic nitrogens is 3. The molecule has 2 aliphatic rings. The first-order valence-corrected chi connectivity index (χ1v) is 12.0. The molecule has 10 heteroatoms. The lowest BCUT2D eigenvalue weighted by atomic mass is 10.1. The highest BCUT2D eigenvalue weighted by atomic mass is 35.5. The minimum Gasteiger partial charge on any atom is -0.454 e. The highest BCUT2D eigenvalue weighted by molar-refractivity contribution is 7.71. The second kappa shape index (κ2) is 10.1. The predicted octanol–water partition coefficient (Wildman–Crippen LogP) is 4.07. The lowest BCUT2D eigenvalue weighted by Gasteiger charge is -2.26. The molecule has 2 aromatic carbocycles. The van der Waals surface area contributed by atoms with Crippen LogP contribution in [0.2, 0.25) is 5.02 Å². The third-order valence-corrected chi connectivity index (χ3v) is 6.50. The van der Waals surface area contributed by atoms with Crippen LogP contribution in [0.1, 0.15) is 36.1 Å². The second-order valence-corrected chi connectivity index (χ2v) is 9.13. The smallest absolute Gasteiger partial charge is 0.297 e. The van der Waals surface area contributed by atoms with Gasteiger partial charge in [-0.1, -0.05) is 30.2 Å². The number of hydrogen-bond donors (Lipinski definition) is 0. The number of fused-ring (bicyclic) bond motifs is 1. The Morgan fingerprint density at radius 2 is 1.82 bits per heavy atom. The average molecular weight is 498 g/mol. The van der Waals surface area contributed by atoms with Crippen LogP contribution in [0.15, 0.2) is 52.4 Å². The van der Waals surface area contributed by atoms with Gasteiger partial charge in [0.25, 0.3) is 5.56 Å². The third-order valence-electron chi connectivity index (χ3n) is 5.87. The zero-order chi connectivity index (χ0) is 23.5. The van der Waals surface area contributed by atoms with Gasteiger partial charge in [0.15, 0.2) is 11.5 Å². The molecular weight excluding hydrogens is 474 g/mol. The Balaban J connectivity index is 1.51. The first-order valence-electron chi connectivity index (χ1n) is 11.2. The van der Waals surface area contributed by atoms with Gasteiger partial charge in [-0.15, -0.1) is 0 Å². The summed E-state index contributed by atoms with van der Waals surface area (Å²) in [7, 11) is 0. The molecule has 0 atom stereocenters. The number of likely N-dealkylation sites (tertiary alicyclic amines) is 1. The Labute approximate surface area is 207 Å². The summed E-state index contributed by atoms with van der Waals surface area (Å²) in [6, 6.07) is 12.9. The van der Waals surface area contributed by atoms with Crippen molar-refractivity contribution in [2.45, 2.75) is 32.4 Å². The summed E-state index contributed by atoms with van der Waals surface area (Å²) >= 11 is 11.7. The van der Waals surface area contributed by atoms with E-state index in [0.29, 0.717) is 35.3 Å². The molecule has 0 spiro atoms. The van der Waals surface area contributed by atoms with Gasteiger partial charge in [-0.25, -0.2) is 4.68 Å². The third kappa shape index (κ3) is 5.06. The zero-order valence-electron chi connectivity index (χ0n) is 18.5. The number of piperidine rings is 1. The SMILES string of the molecule is O=c1c(Cc2ccc(Cl)cc2)nn(CN2CCCCC2)c(=S)n1/N=C/c1ccc2c(c1)OCO2. The van der Waals surface area contributed by atoms with Gasteiger partial charge in [-0.2, -0.15) is 14.9 Å². The molecule has 5 rings (SSSR count). The molecule has 1 aromatic heterocycles. The zero-order valence-corrected chi connectivity index (χ0v) is 20.1. The minimum atomic E-state index is -0.341. The predicted molar refractivity (Wildman–Crippen MR) is 133 cm³/mol. The van der Waals surface area contributed by atoms with E-state index in [4.69, 9.17) is 33.3 Å². The summed E-state index contributed by atoms with van der Waals surface area (Å²) in [5, 5.41) is 9.73. The minimum absolute atomic E-state index is 0.195. The summed E-state index contributed by atoms with van der Waals surface area (Å²) < 4.78 is 14.0. The van der Waals surface area contributed by atoms with Crippen LogP contribution in [-0.4, -0.2) is 45.5 Å². The van der Waals surface area contributed by atoms with Gasteiger partial charge in [0.2, 0.25) is 11.6 Å². The van der Waals surface area contributed by atoms with Crippen molar-refractivity contribution in [3.63, 3.8) is 0 Å². The lowest BCUT2D eigenvalue weighted by molar-refractivity contribution is 0.167. The van der Waals surface area contributed by atoms with E-state index in [9.17, 15) is 4.79 Å². The molecule has 0 bridgehead atoms. The Bertz CT molecular complexity index is 1330. The fourth-order valence-electron chi connectivity index (χ4n) is 4.06. The molecule has 3 heterocycles. The lowest BCUT2D eigenvalue weighted by Crippen LogP contribution is -2.36. The maximum atomic E-state index is 13.3. The molecule has 0 radical (unpaired) electrons. The number of nitrogens with zero attached hydrogens (tertiary/aromatic N) is 5. The van der Waals surface area contributed by atoms with Crippen molar-refractivity contribution in [2.75, 3.05) is 19.9 Å². The van der Waals surface area contributed by atoms with Crippen molar-refractivity contribution in [3.8, 4) is 11.5 Å². The molecule has 176 valence electrons. The summed E-state index contributed by atoms with van der Waals surface area (Å²) in [4.78, 5) is 15.6. The van der Waals surface area contributed by atoms with Gasteiger partial charge in [0.1, 0.15) is 5.69 Å². The molecule has 0 saturated carbocycles. The number of halogens is 1. The molecule has 0 N–H and O–H groups in total. The molecule has 8 nitrogen and oxygen atoms in total. The molecule has 3 aromatic rings. The number of hydrogen-bond acceptors (Lipinski definition) is 7. The summed E-state index contributed by atoms with van der Waals surface area (Å²) in [5.74, 6) is 1.33. The maximum absolute atomic E-state index is 13.3. The molecule has 1 fully saturated rings. The number of ether oxygens (including phenoxy) is 2. The largest absolute Gasteiger partial charge is 0.454 e. The monoisotopic (exact) mass is 497 g/mol. The molecule has 34 heavy (non-hydrogen) atoms. The van der Waals surface area contributed by atoms with Gasteiger partial charge < -0.3 is 9.47 Å². The van der Waals surface area contributed by atoms with Gasteiger partial charge in [-0.3, -0.25) is 9.69 Å². The van der Waals surface area contributed by atoms with Gasteiger partial charge in [0.05, 0.1) is 12.9 Å². The summed E-state index contributed by atoms with van der Waals surface area (Å²) in [6.07, 6.45) is 5.47. The van der Waals surface area contributed by atoms with Crippen LogP contribution < -0.4 is 15.0 Å². The van der Waals surface area contributed by atoms with E-state index >= 15 is 0 Å². The van der Waals surface area contributed by atoms with Crippen molar-refractivity contribution < 1.29 is 9.47 Å². The topological polar surface area (TPSA) is 73.9 Å². The molecule has 0 amide bonds. The van der Waals surface area contributed by atoms with E-state index in [0.717, 1.165) is 37.1 Å². The Morgan fingerprint density at radius 1 is 1.06 bits per heavy atom. The van der Waals surface area contributed by atoms with Crippen LogP contribution >= 0.6 is 23.8 Å². The van der Waals surface area contributed by atoms with Crippen molar-refractivity contribution in [1.82, 2.24) is 19.4 Å². The molecule has 0 aliphatic carbocycles. The standard InChI is InChI=1S/C24H24ClN5O3S/c25-19-7-4-17(5-8-19)12-20-23(31)30(24(34)29(27-20)15-28-10-2-1-3-11-28)26-14-18-6-9-21-22(13-18)33-16-32-21/h4-9,13-14H,1-3,10-12,15-16H2/b26-14+. The number of benzene rings is 2.